The Morgan fingerprint density at radius 2 is 1.96 bits per heavy atom. The maximum absolute atomic E-state index is 13.4. The highest BCUT2D eigenvalue weighted by Gasteiger charge is 2.43. The molecule has 8 heteroatoms. The minimum atomic E-state index is -0.529. The molecule has 28 heavy (non-hydrogen) atoms. The number of carbonyl (C=O) groups is 1. The molecule has 0 bridgehead atoms. The number of halogens is 2. The third-order valence-electron chi connectivity index (χ3n) is 6.33. The van der Waals surface area contributed by atoms with Gasteiger partial charge in [0.25, 0.3) is 5.91 Å². The van der Waals surface area contributed by atoms with Crippen molar-refractivity contribution in [2.24, 2.45) is 18.9 Å². The minimum Gasteiger partial charge on any atom is -0.383 e. The summed E-state index contributed by atoms with van der Waals surface area (Å²) in [6.07, 6.45) is 4.41. The molecule has 4 rings (SSSR count). The summed E-state index contributed by atoms with van der Waals surface area (Å²) >= 11 is 5.82. The molecule has 1 aromatic heterocycles. The molecule has 4 N–H and O–H groups in total. The predicted molar refractivity (Wildman–Crippen MR) is 108 cm³/mol. The number of rotatable bonds is 4. The summed E-state index contributed by atoms with van der Waals surface area (Å²) in [4.78, 5) is 13.0. The van der Waals surface area contributed by atoms with Gasteiger partial charge in [0.1, 0.15) is 17.2 Å². The van der Waals surface area contributed by atoms with Crippen LogP contribution in [-0.4, -0.2) is 28.8 Å². The molecule has 0 aliphatic heterocycles. The number of nitrogens with two attached hydrogens (primary N) is 1. The van der Waals surface area contributed by atoms with E-state index in [0.29, 0.717) is 34.9 Å². The number of fused-ring (bicyclic) bond motifs is 1. The molecular formula is C20H25ClFN5O. The van der Waals surface area contributed by atoms with Crippen LogP contribution >= 0.6 is 11.6 Å². The van der Waals surface area contributed by atoms with Gasteiger partial charge in [-0.05, 0) is 62.8 Å². The lowest BCUT2D eigenvalue weighted by Gasteiger charge is -2.14. The molecule has 1 amide bonds. The number of hydrogen-bond donors (Lipinski definition) is 3. The molecule has 2 unspecified atom stereocenters. The SMILES string of the molecule is CNC1CC2CC(c3nn(C)c(N)c3C(=O)Nc3ccc(F)c(Cl)c3)CC2C1. The second-order valence-electron chi connectivity index (χ2n) is 8.00. The van der Waals surface area contributed by atoms with Gasteiger partial charge in [0.05, 0.1) is 10.7 Å². The first-order valence-corrected chi connectivity index (χ1v) is 10.0. The summed E-state index contributed by atoms with van der Waals surface area (Å²) in [6, 6.07) is 4.68. The van der Waals surface area contributed by atoms with E-state index in [0.717, 1.165) is 18.5 Å². The predicted octanol–water partition coefficient (Wildman–Crippen LogP) is 3.54. The van der Waals surface area contributed by atoms with Crippen LogP contribution in [0.4, 0.5) is 15.9 Å². The van der Waals surface area contributed by atoms with E-state index in [1.54, 1.807) is 11.7 Å². The van der Waals surface area contributed by atoms with E-state index in [9.17, 15) is 9.18 Å². The Morgan fingerprint density at radius 1 is 1.29 bits per heavy atom. The lowest BCUT2D eigenvalue weighted by Crippen LogP contribution is -2.22. The molecule has 2 aromatic rings. The van der Waals surface area contributed by atoms with Gasteiger partial charge < -0.3 is 16.4 Å². The Hall–Kier alpha value is -2.12. The van der Waals surface area contributed by atoms with Gasteiger partial charge in [-0.1, -0.05) is 11.6 Å². The Labute approximate surface area is 168 Å². The lowest BCUT2D eigenvalue weighted by molar-refractivity contribution is 0.102. The monoisotopic (exact) mass is 405 g/mol. The summed E-state index contributed by atoms with van der Waals surface area (Å²) in [5.74, 6) is 1.03. The molecule has 0 saturated heterocycles. The highest BCUT2D eigenvalue weighted by molar-refractivity contribution is 6.31. The molecular weight excluding hydrogens is 381 g/mol. The van der Waals surface area contributed by atoms with Gasteiger partial charge >= 0.3 is 0 Å². The summed E-state index contributed by atoms with van der Waals surface area (Å²) in [6.45, 7) is 0. The van der Waals surface area contributed by atoms with Crippen molar-refractivity contribution in [3.63, 3.8) is 0 Å². The van der Waals surface area contributed by atoms with Crippen molar-refractivity contribution in [2.75, 3.05) is 18.1 Å². The van der Waals surface area contributed by atoms with Crippen LogP contribution < -0.4 is 16.4 Å². The first-order valence-electron chi connectivity index (χ1n) is 9.63. The Balaban J connectivity index is 1.57. The van der Waals surface area contributed by atoms with E-state index in [-0.39, 0.29) is 16.8 Å². The highest BCUT2D eigenvalue weighted by atomic mass is 35.5. The van der Waals surface area contributed by atoms with Gasteiger partial charge in [-0.3, -0.25) is 9.48 Å². The van der Waals surface area contributed by atoms with Crippen LogP contribution in [0.2, 0.25) is 5.02 Å². The molecule has 2 aliphatic rings. The molecule has 1 aromatic carbocycles. The number of benzene rings is 1. The van der Waals surface area contributed by atoms with Crippen molar-refractivity contribution < 1.29 is 9.18 Å². The molecule has 150 valence electrons. The van der Waals surface area contributed by atoms with Crippen LogP contribution in [0.1, 0.15) is 47.7 Å². The fourth-order valence-electron chi connectivity index (χ4n) is 4.92. The number of hydrogen-bond acceptors (Lipinski definition) is 4. The zero-order valence-corrected chi connectivity index (χ0v) is 16.8. The maximum Gasteiger partial charge on any atom is 0.261 e. The molecule has 2 fully saturated rings. The summed E-state index contributed by atoms with van der Waals surface area (Å²) < 4.78 is 14.9. The number of nitrogen functional groups attached to an aromatic ring is 1. The number of aromatic nitrogens is 2. The van der Waals surface area contributed by atoms with E-state index >= 15 is 0 Å². The smallest absolute Gasteiger partial charge is 0.261 e. The molecule has 1 heterocycles. The third kappa shape index (κ3) is 3.37. The number of anilines is 2. The van der Waals surface area contributed by atoms with Gasteiger partial charge in [0, 0.05) is 24.7 Å². The average molecular weight is 406 g/mol. The van der Waals surface area contributed by atoms with Gasteiger partial charge in [-0.15, -0.1) is 0 Å². The van der Waals surface area contributed by atoms with Crippen molar-refractivity contribution in [3.05, 3.63) is 40.3 Å². The Kier molecular flexibility index (Phi) is 5.05. The third-order valence-corrected chi connectivity index (χ3v) is 6.62. The quantitative estimate of drug-likeness (QED) is 0.726. The summed E-state index contributed by atoms with van der Waals surface area (Å²) in [5.41, 5.74) is 7.78. The van der Waals surface area contributed by atoms with Gasteiger partial charge in [0.15, 0.2) is 0 Å². The van der Waals surface area contributed by atoms with Gasteiger partial charge in [-0.25, -0.2) is 4.39 Å². The number of carbonyl (C=O) groups excluding carboxylic acids is 1. The Morgan fingerprint density at radius 3 is 2.57 bits per heavy atom. The second kappa shape index (κ2) is 7.37. The van der Waals surface area contributed by atoms with Gasteiger partial charge in [-0.2, -0.15) is 5.10 Å². The minimum absolute atomic E-state index is 0.0418. The van der Waals surface area contributed by atoms with Crippen molar-refractivity contribution in [3.8, 4) is 0 Å². The van der Waals surface area contributed by atoms with Crippen molar-refractivity contribution in [1.82, 2.24) is 15.1 Å². The van der Waals surface area contributed by atoms with E-state index in [1.807, 2.05) is 7.05 Å². The zero-order chi connectivity index (χ0) is 20.0. The summed E-state index contributed by atoms with van der Waals surface area (Å²) in [7, 11) is 3.77. The van der Waals surface area contributed by atoms with Crippen LogP contribution in [0.5, 0.6) is 0 Å². The number of amides is 1. The van der Waals surface area contributed by atoms with E-state index in [4.69, 9.17) is 17.3 Å². The van der Waals surface area contributed by atoms with Crippen molar-refractivity contribution in [1.29, 1.82) is 0 Å². The van der Waals surface area contributed by atoms with Crippen LogP contribution in [0, 0.1) is 17.7 Å². The molecule has 2 aliphatic carbocycles. The van der Waals surface area contributed by atoms with E-state index in [2.05, 4.69) is 15.7 Å². The van der Waals surface area contributed by atoms with E-state index < -0.39 is 5.82 Å². The van der Waals surface area contributed by atoms with Crippen molar-refractivity contribution >= 4 is 29.0 Å². The molecule has 6 nitrogen and oxygen atoms in total. The molecule has 0 radical (unpaired) electrons. The van der Waals surface area contributed by atoms with Crippen LogP contribution in [0.25, 0.3) is 0 Å². The maximum atomic E-state index is 13.4. The summed E-state index contributed by atoms with van der Waals surface area (Å²) in [5, 5.41) is 10.7. The number of aryl methyl sites for hydroxylation is 1. The standard InChI is InChI=1S/C20H25ClFN5O/c1-24-14-7-10-5-12(6-11(10)8-14)18-17(19(23)27(2)26-18)20(28)25-13-3-4-16(22)15(21)9-13/h3-4,9-12,14,24H,5-8,23H2,1-2H3,(H,25,28). The normalized spacial score (nSPS) is 26.4. The van der Waals surface area contributed by atoms with Gasteiger partial charge in [0.2, 0.25) is 0 Å². The van der Waals surface area contributed by atoms with Crippen molar-refractivity contribution in [2.45, 2.75) is 37.6 Å². The average Bonchev–Trinajstić information content (AvgIpc) is 3.30. The number of nitrogens with one attached hydrogen (secondary N) is 2. The highest BCUT2D eigenvalue weighted by Crippen LogP contribution is 2.51. The lowest BCUT2D eigenvalue weighted by atomic mass is 9.95. The second-order valence-corrected chi connectivity index (χ2v) is 8.40. The van der Waals surface area contributed by atoms with Crippen LogP contribution in [-0.2, 0) is 7.05 Å². The first-order chi connectivity index (χ1) is 13.4. The number of nitrogens with zero attached hydrogens (tertiary/aromatic N) is 2. The van der Waals surface area contributed by atoms with Crippen LogP contribution in [0.15, 0.2) is 18.2 Å². The van der Waals surface area contributed by atoms with E-state index in [1.165, 1.54) is 31.0 Å². The zero-order valence-electron chi connectivity index (χ0n) is 16.0. The Bertz CT molecular complexity index is 900. The molecule has 0 spiro atoms. The fourth-order valence-corrected chi connectivity index (χ4v) is 5.10. The topological polar surface area (TPSA) is 85.0 Å². The first kappa shape index (κ1) is 19.2. The fraction of sp³-hybridized carbons (Fsp3) is 0.500. The molecule has 2 saturated carbocycles. The largest absolute Gasteiger partial charge is 0.383 e. The molecule has 2 atom stereocenters. The van der Waals surface area contributed by atoms with Crippen LogP contribution in [0.3, 0.4) is 0 Å².